The number of hydrogen-bond acceptors (Lipinski definition) is 3. The third-order valence-electron chi connectivity index (χ3n) is 3.88. The van der Waals surface area contributed by atoms with Crippen LogP contribution in [0.3, 0.4) is 0 Å². The van der Waals surface area contributed by atoms with Gasteiger partial charge in [-0.1, -0.05) is 0 Å². The lowest BCUT2D eigenvalue weighted by Crippen LogP contribution is -2.53. The molecule has 1 amide bonds. The first-order chi connectivity index (χ1) is 8.21. The van der Waals surface area contributed by atoms with E-state index in [2.05, 4.69) is 25.8 Å². The minimum Gasteiger partial charge on any atom is -0.341 e. The maximum atomic E-state index is 12.0. The molecule has 0 spiro atoms. The van der Waals surface area contributed by atoms with Gasteiger partial charge in [0.15, 0.2) is 0 Å². The minimum atomic E-state index is -0.735. The summed E-state index contributed by atoms with van der Waals surface area (Å²) < 4.78 is 0. The second kappa shape index (κ2) is 6.02. The highest BCUT2D eigenvalue weighted by Crippen LogP contribution is 2.20. The van der Waals surface area contributed by atoms with E-state index in [1.165, 1.54) is 0 Å². The van der Waals surface area contributed by atoms with Crippen LogP contribution < -0.4 is 5.73 Å². The van der Waals surface area contributed by atoms with Crippen LogP contribution in [0.2, 0.25) is 0 Å². The summed E-state index contributed by atoms with van der Waals surface area (Å²) in [7, 11) is 2.17. The Labute approximate surface area is 111 Å². The molecule has 1 rings (SSSR count). The van der Waals surface area contributed by atoms with Crippen LogP contribution >= 0.6 is 0 Å². The molecule has 0 bridgehead atoms. The number of carbonyl (C=O) groups is 1. The monoisotopic (exact) mass is 255 g/mol. The summed E-state index contributed by atoms with van der Waals surface area (Å²) in [5.74, 6) is 0.792. The first-order valence-electron chi connectivity index (χ1n) is 7.00. The van der Waals surface area contributed by atoms with E-state index in [4.69, 9.17) is 5.73 Å². The summed E-state index contributed by atoms with van der Waals surface area (Å²) >= 11 is 0. The van der Waals surface area contributed by atoms with Crippen LogP contribution in [0.4, 0.5) is 0 Å². The van der Waals surface area contributed by atoms with E-state index in [1.807, 2.05) is 4.90 Å². The fraction of sp³-hybridized carbons (Fsp3) is 0.929. The molecule has 2 N–H and O–H groups in total. The molecule has 1 heterocycles. The Morgan fingerprint density at radius 2 is 1.89 bits per heavy atom. The maximum Gasteiger partial charge on any atom is 0.242 e. The van der Waals surface area contributed by atoms with Gasteiger partial charge in [-0.15, -0.1) is 0 Å². The van der Waals surface area contributed by atoms with Gasteiger partial charge in [-0.05, 0) is 53.5 Å². The maximum absolute atomic E-state index is 12.0. The van der Waals surface area contributed by atoms with Crippen molar-refractivity contribution >= 4 is 5.91 Å². The van der Waals surface area contributed by atoms with Crippen molar-refractivity contribution in [3.63, 3.8) is 0 Å². The van der Waals surface area contributed by atoms with Crippen molar-refractivity contribution in [2.45, 2.75) is 52.1 Å². The second-order valence-corrected chi connectivity index (χ2v) is 6.49. The van der Waals surface area contributed by atoms with Gasteiger partial charge in [0.25, 0.3) is 0 Å². The average molecular weight is 255 g/mol. The Morgan fingerprint density at radius 3 is 2.28 bits per heavy atom. The molecular weight excluding hydrogens is 226 g/mol. The molecule has 0 unspecified atom stereocenters. The van der Waals surface area contributed by atoms with Gasteiger partial charge in [-0.3, -0.25) is 4.79 Å². The highest BCUT2D eigenvalue weighted by molar-refractivity contribution is 5.85. The van der Waals surface area contributed by atoms with Crippen LogP contribution in [-0.4, -0.2) is 54.0 Å². The first kappa shape index (κ1) is 15.4. The van der Waals surface area contributed by atoms with Crippen molar-refractivity contribution in [2.24, 2.45) is 11.7 Å². The van der Waals surface area contributed by atoms with Gasteiger partial charge in [0.1, 0.15) is 0 Å². The Hall–Kier alpha value is -0.610. The molecule has 1 saturated heterocycles. The fourth-order valence-corrected chi connectivity index (χ4v) is 2.34. The molecule has 0 atom stereocenters. The van der Waals surface area contributed by atoms with E-state index in [9.17, 15) is 4.79 Å². The molecule has 4 nitrogen and oxygen atoms in total. The van der Waals surface area contributed by atoms with Gasteiger partial charge in [0, 0.05) is 25.7 Å². The van der Waals surface area contributed by atoms with E-state index in [1.54, 1.807) is 13.8 Å². The standard InChI is InChI=1S/C14H29N3O/c1-11(2)16(5)10-12-6-8-17(9-7-12)13(18)14(3,4)15/h11-12H,6-10,15H2,1-5H3. The molecule has 1 fully saturated rings. The molecule has 0 aromatic heterocycles. The van der Waals surface area contributed by atoms with Crippen LogP contribution in [0.5, 0.6) is 0 Å². The third kappa shape index (κ3) is 4.25. The molecule has 4 heteroatoms. The third-order valence-corrected chi connectivity index (χ3v) is 3.88. The quantitative estimate of drug-likeness (QED) is 0.824. The van der Waals surface area contributed by atoms with Gasteiger partial charge in [0.05, 0.1) is 5.54 Å². The van der Waals surface area contributed by atoms with Crippen molar-refractivity contribution in [1.82, 2.24) is 9.80 Å². The van der Waals surface area contributed by atoms with Crippen molar-refractivity contribution in [3.8, 4) is 0 Å². The lowest BCUT2D eigenvalue weighted by Gasteiger charge is -2.37. The number of nitrogens with two attached hydrogens (primary N) is 1. The van der Waals surface area contributed by atoms with Crippen LogP contribution in [0.15, 0.2) is 0 Å². The zero-order valence-electron chi connectivity index (χ0n) is 12.6. The SMILES string of the molecule is CC(C)N(C)CC1CCN(C(=O)C(C)(C)N)CC1. The molecular formula is C14H29N3O. The van der Waals surface area contributed by atoms with E-state index < -0.39 is 5.54 Å². The highest BCUT2D eigenvalue weighted by Gasteiger charge is 2.31. The van der Waals surface area contributed by atoms with E-state index in [0.717, 1.165) is 32.5 Å². The van der Waals surface area contributed by atoms with Gasteiger partial charge in [0.2, 0.25) is 5.91 Å². The lowest BCUT2D eigenvalue weighted by atomic mass is 9.94. The largest absolute Gasteiger partial charge is 0.341 e. The van der Waals surface area contributed by atoms with Gasteiger partial charge >= 0.3 is 0 Å². The molecule has 0 aliphatic carbocycles. The van der Waals surface area contributed by atoms with Crippen LogP contribution in [0, 0.1) is 5.92 Å². The molecule has 1 aliphatic heterocycles. The second-order valence-electron chi connectivity index (χ2n) is 6.49. The van der Waals surface area contributed by atoms with Gasteiger partial charge in [-0.25, -0.2) is 0 Å². The topological polar surface area (TPSA) is 49.6 Å². The number of piperidine rings is 1. The number of amides is 1. The van der Waals surface area contributed by atoms with Crippen molar-refractivity contribution in [2.75, 3.05) is 26.7 Å². The molecule has 106 valence electrons. The van der Waals surface area contributed by atoms with Crippen LogP contribution in [0.25, 0.3) is 0 Å². The molecule has 0 aromatic carbocycles. The van der Waals surface area contributed by atoms with Gasteiger partial charge in [-0.2, -0.15) is 0 Å². The van der Waals surface area contributed by atoms with Crippen LogP contribution in [-0.2, 0) is 4.79 Å². The normalized spacial score (nSPS) is 18.8. The predicted octanol–water partition coefficient (Wildman–Crippen LogP) is 1.30. The lowest BCUT2D eigenvalue weighted by molar-refractivity contribution is -0.137. The van der Waals surface area contributed by atoms with E-state index >= 15 is 0 Å². The smallest absolute Gasteiger partial charge is 0.242 e. The van der Waals surface area contributed by atoms with Crippen LogP contribution in [0.1, 0.15) is 40.5 Å². The number of hydrogen-bond donors (Lipinski definition) is 1. The summed E-state index contributed by atoms with van der Waals surface area (Å²) in [4.78, 5) is 16.4. The molecule has 1 aliphatic rings. The number of rotatable bonds is 4. The van der Waals surface area contributed by atoms with Crippen molar-refractivity contribution in [1.29, 1.82) is 0 Å². The molecule has 0 radical (unpaired) electrons. The summed E-state index contributed by atoms with van der Waals surface area (Å²) in [5, 5.41) is 0. The Bertz CT molecular complexity index is 275. The molecule has 18 heavy (non-hydrogen) atoms. The summed E-state index contributed by atoms with van der Waals surface area (Å²) in [6, 6.07) is 0.590. The zero-order chi connectivity index (χ0) is 13.9. The fourth-order valence-electron chi connectivity index (χ4n) is 2.34. The molecule has 0 saturated carbocycles. The summed E-state index contributed by atoms with van der Waals surface area (Å²) in [5.41, 5.74) is 5.13. The predicted molar refractivity (Wildman–Crippen MR) is 75.3 cm³/mol. The number of carbonyl (C=O) groups excluding carboxylic acids is 1. The van der Waals surface area contributed by atoms with Crippen molar-refractivity contribution in [3.05, 3.63) is 0 Å². The Kier molecular flexibility index (Phi) is 5.17. The highest BCUT2D eigenvalue weighted by atomic mass is 16.2. The van der Waals surface area contributed by atoms with Crippen molar-refractivity contribution < 1.29 is 4.79 Å². The zero-order valence-corrected chi connectivity index (χ0v) is 12.6. The van der Waals surface area contributed by atoms with Gasteiger partial charge < -0.3 is 15.5 Å². The van der Waals surface area contributed by atoms with E-state index in [-0.39, 0.29) is 5.91 Å². The Balaban J connectivity index is 2.40. The molecule has 0 aromatic rings. The Morgan fingerprint density at radius 1 is 1.39 bits per heavy atom. The summed E-state index contributed by atoms with van der Waals surface area (Å²) in [6.45, 7) is 10.9. The first-order valence-corrected chi connectivity index (χ1v) is 7.00. The number of likely N-dealkylation sites (tertiary alicyclic amines) is 1. The number of nitrogens with zero attached hydrogens (tertiary/aromatic N) is 2. The minimum absolute atomic E-state index is 0.0816. The van der Waals surface area contributed by atoms with E-state index in [0.29, 0.717) is 12.0 Å². The summed E-state index contributed by atoms with van der Waals surface area (Å²) in [6.07, 6.45) is 2.19. The average Bonchev–Trinajstić information content (AvgIpc) is 2.27.